The lowest BCUT2D eigenvalue weighted by molar-refractivity contribution is -0.118. The molecule has 2 aliphatic heterocycles. The van der Waals surface area contributed by atoms with E-state index in [9.17, 15) is 9.59 Å². The number of piperazine rings is 1. The molecule has 2 heterocycles. The summed E-state index contributed by atoms with van der Waals surface area (Å²) in [6, 6.07) is 20.6. The van der Waals surface area contributed by atoms with Crippen molar-refractivity contribution in [2.75, 3.05) is 50.4 Å². The number of amides is 2. The smallest absolute Gasteiger partial charge is 0.238 e. The zero-order valence-corrected chi connectivity index (χ0v) is 22.7. The zero-order chi connectivity index (χ0) is 25.9. The lowest BCUT2D eigenvalue weighted by Crippen LogP contribution is -2.47. The van der Waals surface area contributed by atoms with E-state index in [4.69, 9.17) is 16.6 Å². The van der Waals surface area contributed by atoms with Crippen LogP contribution in [0.3, 0.4) is 0 Å². The molecule has 1 fully saturated rings. The van der Waals surface area contributed by atoms with E-state index in [2.05, 4.69) is 43.4 Å². The number of carbonyl (C=O) groups is 2. The summed E-state index contributed by atoms with van der Waals surface area (Å²) < 4.78 is 0.718. The minimum atomic E-state index is -0.573. The highest BCUT2D eigenvalue weighted by Gasteiger charge is 2.35. The molecule has 0 saturated carbocycles. The molecule has 3 aromatic carbocycles. The Kier molecular flexibility index (Phi) is 7.71. The van der Waals surface area contributed by atoms with Gasteiger partial charge in [0.1, 0.15) is 5.92 Å². The molecular weight excluding hydrogens is 554 g/mol. The molecule has 2 amide bonds. The van der Waals surface area contributed by atoms with Gasteiger partial charge in [-0.05, 0) is 64.4 Å². The summed E-state index contributed by atoms with van der Waals surface area (Å²) in [6.45, 7) is 4.04. The number of aliphatic imine (C=N–C) groups is 1. The molecule has 9 heteroatoms. The molecular formula is C28H27BrClN5O2. The number of anilines is 2. The molecule has 5 rings (SSSR count). The van der Waals surface area contributed by atoms with Gasteiger partial charge in [0.15, 0.2) is 0 Å². The van der Waals surface area contributed by atoms with Crippen molar-refractivity contribution in [2.24, 2.45) is 4.99 Å². The van der Waals surface area contributed by atoms with E-state index in [0.717, 1.165) is 41.8 Å². The Hall–Kier alpha value is -3.04. The van der Waals surface area contributed by atoms with Crippen molar-refractivity contribution in [3.63, 3.8) is 0 Å². The van der Waals surface area contributed by atoms with E-state index in [-0.39, 0.29) is 11.8 Å². The van der Waals surface area contributed by atoms with E-state index >= 15 is 0 Å². The molecule has 190 valence electrons. The Balaban J connectivity index is 1.40. The monoisotopic (exact) mass is 579 g/mol. The van der Waals surface area contributed by atoms with Crippen LogP contribution in [-0.4, -0.2) is 67.1 Å². The van der Waals surface area contributed by atoms with Gasteiger partial charge in [-0.15, -0.1) is 0 Å². The SMILES string of the molecule is CN1CCN(CC(=O)Nc2ccc(N=C(c3ccccc3)C3C(=O)Nc4cc(Cl)ccc43)cc2Br)CC1. The largest absolute Gasteiger partial charge is 0.325 e. The first-order chi connectivity index (χ1) is 17.9. The molecule has 0 aromatic heterocycles. The summed E-state index contributed by atoms with van der Waals surface area (Å²) in [4.78, 5) is 35.1. The molecule has 0 radical (unpaired) electrons. The van der Waals surface area contributed by atoms with Crippen LogP contribution in [0, 0.1) is 0 Å². The van der Waals surface area contributed by atoms with Gasteiger partial charge in [0.25, 0.3) is 0 Å². The molecule has 1 saturated heterocycles. The second-order valence-corrected chi connectivity index (χ2v) is 10.6. The van der Waals surface area contributed by atoms with Crippen molar-refractivity contribution < 1.29 is 9.59 Å². The topological polar surface area (TPSA) is 77.0 Å². The number of hydrogen-bond acceptors (Lipinski definition) is 5. The van der Waals surface area contributed by atoms with Gasteiger partial charge in [-0.1, -0.05) is 48.0 Å². The molecule has 1 unspecified atom stereocenters. The summed E-state index contributed by atoms with van der Waals surface area (Å²) in [5, 5.41) is 6.49. The van der Waals surface area contributed by atoms with Crippen LogP contribution < -0.4 is 10.6 Å². The number of nitrogens with one attached hydrogen (secondary N) is 2. The van der Waals surface area contributed by atoms with Crippen LogP contribution >= 0.6 is 27.5 Å². The normalized spacial score (nSPS) is 18.4. The Bertz CT molecular complexity index is 1360. The first-order valence-corrected chi connectivity index (χ1v) is 13.3. The molecule has 1 atom stereocenters. The van der Waals surface area contributed by atoms with Crippen LogP contribution in [0.5, 0.6) is 0 Å². The van der Waals surface area contributed by atoms with Gasteiger partial charge in [-0.25, -0.2) is 0 Å². The van der Waals surface area contributed by atoms with Crippen LogP contribution in [-0.2, 0) is 9.59 Å². The van der Waals surface area contributed by atoms with Crippen molar-refractivity contribution in [3.05, 3.63) is 87.4 Å². The maximum atomic E-state index is 13.1. The highest BCUT2D eigenvalue weighted by Crippen LogP contribution is 2.38. The third-order valence-corrected chi connectivity index (χ3v) is 7.52. The standard InChI is InChI=1S/C28H27BrClN5O2/c1-34-11-13-35(14-12-34)17-25(36)32-23-10-8-20(16-22(23)29)31-27(18-5-3-2-4-6-18)26-21-9-7-19(30)15-24(21)33-28(26)37/h2-10,15-16,26H,11-14,17H2,1H3,(H,32,36)(H,33,37). The molecule has 37 heavy (non-hydrogen) atoms. The predicted octanol–water partition coefficient (Wildman–Crippen LogP) is 5.15. The van der Waals surface area contributed by atoms with Crippen LogP contribution in [0.2, 0.25) is 5.02 Å². The second-order valence-electron chi connectivity index (χ2n) is 9.31. The fraction of sp³-hybridized carbons (Fsp3) is 0.250. The quantitative estimate of drug-likeness (QED) is 0.396. The maximum absolute atomic E-state index is 13.1. The van der Waals surface area contributed by atoms with Crippen molar-refractivity contribution in [2.45, 2.75) is 5.92 Å². The molecule has 7 nitrogen and oxygen atoms in total. The minimum absolute atomic E-state index is 0.0515. The number of nitrogens with zero attached hydrogens (tertiary/aromatic N) is 3. The molecule has 0 bridgehead atoms. The van der Waals surface area contributed by atoms with Crippen molar-refractivity contribution in [3.8, 4) is 0 Å². The van der Waals surface area contributed by atoms with Crippen molar-refractivity contribution >= 4 is 62.1 Å². The average molecular weight is 581 g/mol. The van der Waals surface area contributed by atoms with Gasteiger partial charge in [-0.3, -0.25) is 19.5 Å². The van der Waals surface area contributed by atoms with Crippen LogP contribution in [0.15, 0.2) is 76.2 Å². The van der Waals surface area contributed by atoms with Crippen LogP contribution in [0.1, 0.15) is 17.0 Å². The number of halogens is 2. The van der Waals surface area contributed by atoms with E-state index in [1.165, 1.54) is 0 Å². The lowest BCUT2D eigenvalue weighted by atomic mass is 9.90. The Morgan fingerprint density at radius 3 is 2.57 bits per heavy atom. The number of rotatable bonds is 6. The van der Waals surface area contributed by atoms with Crippen LogP contribution in [0.25, 0.3) is 0 Å². The van der Waals surface area contributed by atoms with Gasteiger partial charge >= 0.3 is 0 Å². The molecule has 2 aliphatic rings. The van der Waals surface area contributed by atoms with Gasteiger partial charge in [0, 0.05) is 41.4 Å². The first-order valence-electron chi connectivity index (χ1n) is 12.1. The summed E-state index contributed by atoms with van der Waals surface area (Å²) in [7, 11) is 2.09. The lowest BCUT2D eigenvalue weighted by Gasteiger charge is -2.31. The highest BCUT2D eigenvalue weighted by molar-refractivity contribution is 9.10. The zero-order valence-electron chi connectivity index (χ0n) is 20.4. The predicted molar refractivity (Wildman–Crippen MR) is 152 cm³/mol. The third kappa shape index (κ3) is 5.93. The molecule has 3 aromatic rings. The van der Waals surface area contributed by atoms with E-state index in [0.29, 0.717) is 34.3 Å². The van der Waals surface area contributed by atoms with Crippen LogP contribution in [0.4, 0.5) is 17.1 Å². The summed E-state index contributed by atoms with van der Waals surface area (Å²) in [6.07, 6.45) is 0. The summed E-state index contributed by atoms with van der Waals surface area (Å²) in [5.41, 5.74) is 4.37. The van der Waals surface area contributed by atoms with E-state index in [1.54, 1.807) is 12.1 Å². The third-order valence-electron chi connectivity index (χ3n) is 6.63. The van der Waals surface area contributed by atoms with Gasteiger partial charge in [0.05, 0.1) is 23.6 Å². The Morgan fingerprint density at radius 1 is 1.08 bits per heavy atom. The summed E-state index contributed by atoms with van der Waals surface area (Å²) >= 11 is 9.74. The number of likely N-dealkylation sites (N-methyl/N-ethyl adjacent to an activating group) is 1. The number of hydrogen-bond donors (Lipinski definition) is 2. The fourth-order valence-corrected chi connectivity index (χ4v) is 5.26. The number of benzene rings is 3. The number of carbonyl (C=O) groups excluding carboxylic acids is 2. The molecule has 0 aliphatic carbocycles. The molecule has 2 N–H and O–H groups in total. The van der Waals surface area contributed by atoms with Crippen molar-refractivity contribution in [1.29, 1.82) is 0 Å². The summed E-state index contributed by atoms with van der Waals surface area (Å²) in [5.74, 6) is -0.771. The van der Waals surface area contributed by atoms with E-state index < -0.39 is 5.92 Å². The van der Waals surface area contributed by atoms with E-state index in [1.807, 2.05) is 54.6 Å². The highest BCUT2D eigenvalue weighted by atomic mass is 79.9. The minimum Gasteiger partial charge on any atom is -0.325 e. The molecule has 0 spiro atoms. The second kappa shape index (κ2) is 11.1. The van der Waals surface area contributed by atoms with Gasteiger partial charge in [0.2, 0.25) is 11.8 Å². The first kappa shape index (κ1) is 25.6. The number of fused-ring (bicyclic) bond motifs is 1. The fourth-order valence-electron chi connectivity index (χ4n) is 4.62. The van der Waals surface area contributed by atoms with Gasteiger partial charge < -0.3 is 15.5 Å². The van der Waals surface area contributed by atoms with Crippen molar-refractivity contribution in [1.82, 2.24) is 9.80 Å². The Morgan fingerprint density at radius 2 is 1.84 bits per heavy atom. The Labute approximate surface area is 229 Å². The maximum Gasteiger partial charge on any atom is 0.238 e. The van der Waals surface area contributed by atoms with Gasteiger partial charge in [-0.2, -0.15) is 0 Å². The average Bonchev–Trinajstić information content (AvgIpc) is 3.20.